The molecule has 1 fully saturated rings. The topological polar surface area (TPSA) is 67.0 Å². The van der Waals surface area contributed by atoms with Gasteiger partial charge in [0.1, 0.15) is 10.5 Å². The van der Waals surface area contributed by atoms with Crippen LogP contribution < -0.4 is 10.9 Å². The maximum absolute atomic E-state index is 11.8. The third kappa shape index (κ3) is 2.19. The third-order valence-corrected chi connectivity index (χ3v) is 4.25. The van der Waals surface area contributed by atoms with Gasteiger partial charge in [0.25, 0.3) is 5.56 Å². The molecule has 0 radical (unpaired) electrons. The van der Waals surface area contributed by atoms with Gasteiger partial charge in [0.05, 0.1) is 18.2 Å². The summed E-state index contributed by atoms with van der Waals surface area (Å²) in [5, 5.41) is 5.26. The second kappa shape index (κ2) is 4.79. The average Bonchev–Trinajstić information content (AvgIpc) is 2.76. The standard InChI is InChI=1S/C12H15N3O2S/c1-17-8-4-7(5-8)13-6-10-14-9-2-3-18-11(9)12(16)15-10/h2-3,7-8,13H,4-6H2,1H3,(H,14,15,16). The summed E-state index contributed by atoms with van der Waals surface area (Å²) in [7, 11) is 1.74. The molecule has 2 heterocycles. The number of H-pyrrole nitrogens is 1. The molecule has 2 N–H and O–H groups in total. The van der Waals surface area contributed by atoms with E-state index in [9.17, 15) is 4.79 Å². The number of hydrogen-bond acceptors (Lipinski definition) is 5. The number of hydrogen-bond donors (Lipinski definition) is 2. The van der Waals surface area contributed by atoms with Crippen LogP contribution >= 0.6 is 11.3 Å². The highest BCUT2D eigenvalue weighted by atomic mass is 32.1. The molecule has 0 atom stereocenters. The summed E-state index contributed by atoms with van der Waals surface area (Å²) in [6.07, 6.45) is 2.44. The van der Waals surface area contributed by atoms with Crippen LogP contribution in [0.15, 0.2) is 16.2 Å². The predicted octanol–water partition coefficient (Wildman–Crippen LogP) is 1.25. The lowest BCUT2D eigenvalue weighted by molar-refractivity contribution is 0.0168. The van der Waals surface area contributed by atoms with Crippen LogP contribution in [0.5, 0.6) is 0 Å². The molecule has 2 aromatic rings. The zero-order valence-electron chi connectivity index (χ0n) is 10.1. The number of thiophene rings is 1. The number of nitrogens with one attached hydrogen (secondary N) is 2. The monoisotopic (exact) mass is 265 g/mol. The molecule has 0 spiro atoms. The molecule has 96 valence electrons. The van der Waals surface area contributed by atoms with Crippen molar-refractivity contribution in [2.75, 3.05) is 7.11 Å². The van der Waals surface area contributed by atoms with Crippen molar-refractivity contribution < 1.29 is 4.74 Å². The van der Waals surface area contributed by atoms with Crippen molar-refractivity contribution in [2.24, 2.45) is 0 Å². The number of nitrogens with zero attached hydrogens (tertiary/aromatic N) is 1. The van der Waals surface area contributed by atoms with Crippen molar-refractivity contribution in [2.45, 2.75) is 31.5 Å². The minimum Gasteiger partial charge on any atom is -0.381 e. The summed E-state index contributed by atoms with van der Waals surface area (Å²) in [5.41, 5.74) is 0.735. The molecule has 6 heteroatoms. The molecule has 0 aromatic carbocycles. The van der Waals surface area contributed by atoms with Gasteiger partial charge in [0.15, 0.2) is 0 Å². The molecule has 0 unspecified atom stereocenters. The Morgan fingerprint density at radius 3 is 3.22 bits per heavy atom. The number of fused-ring (bicyclic) bond motifs is 1. The van der Waals surface area contributed by atoms with Gasteiger partial charge in [-0.3, -0.25) is 4.79 Å². The first-order valence-electron chi connectivity index (χ1n) is 5.99. The lowest BCUT2D eigenvalue weighted by Gasteiger charge is -2.34. The molecule has 1 aliphatic rings. The number of ether oxygens (including phenoxy) is 1. The maximum atomic E-state index is 11.8. The van der Waals surface area contributed by atoms with Gasteiger partial charge in [-0.1, -0.05) is 0 Å². The average molecular weight is 265 g/mol. The van der Waals surface area contributed by atoms with Crippen LogP contribution in [-0.4, -0.2) is 29.2 Å². The second-order valence-corrected chi connectivity index (χ2v) is 5.47. The fourth-order valence-electron chi connectivity index (χ4n) is 2.17. The first-order valence-corrected chi connectivity index (χ1v) is 6.87. The Morgan fingerprint density at radius 2 is 2.44 bits per heavy atom. The summed E-state index contributed by atoms with van der Waals surface area (Å²) in [6.45, 7) is 0.599. The maximum Gasteiger partial charge on any atom is 0.268 e. The van der Waals surface area contributed by atoms with Crippen molar-refractivity contribution in [3.05, 3.63) is 27.6 Å². The molecule has 0 amide bonds. The first-order chi connectivity index (χ1) is 8.76. The fourth-order valence-corrected chi connectivity index (χ4v) is 2.90. The van der Waals surface area contributed by atoms with Gasteiger partial charge in [-0.15, -0.1) is 11.3 Å². The number of aromatic nitrogens is 2. The van der Waals surface area contributed by atoms with E-state index in [4.69, 9.17) is 4.74 Å². The van der Waals surface area contributed by atoms with Crippen molar-refractivity contribution >= 4 is 21.6 Å². The van der Waals surface area contributed by atoms with Gasteiger partial charge in [-0.2, -0.15) is 0 Å². The Bertz CT molecular complexity index is 601. The van der Waals surface area contributed by atoms with Gasteiger partial charge >= 0.3 is 0 Å². The van der Waals surface area contributed by atoms with E-state index in [1.165, 1.54) is 11.3 Å². The molecule has 1 saturated carbocycles. The Kier molecular flexibility index (Phi) is 3.15. The fraction of sp³-hybridized carbons (Fsp3) is 0.500. The number of rotatable bonds is 4. The van der Waals surface area contributed by atoms with Gasteiger partial charge in [0.2, 0.25) is 0 Å². The van der Waals surface area contributed by atoms with Crippen LogP contribution in [0.3, 0.4) is 0 Å². The van der Waals surface area contributed by atoms with E-state index >= 15 is 0 Å². The Morgan fingerprint density at radius 1 is 1.61 bits per heavy atom. The molecule has 0 saturated heterocycles. The number of aromatic amines is 1. The molecule has 3 rings (SSSR count). The van der Waals surface area contributed by atoms with Crippen molar-refractivity contribution in [3.63, 3.8) is 0 Å². The highest BCUT2D eigenvalue weighted by Crippen LogP contribution is 2.22. The van der Waals surface area contributed by atoms with E-state index in [0.29, 0.717) is 29.2 Å². The molecule has 0 bridgehead atoms. The van der Waals surface area contributed by atoms with Gasteiger partial charge in [0, 0.05) is 13.2 Å². The van der Waals surface area contributed by atoms with Crippen LogP contribution in [0.4, 0.5) is 0 Å². The van der Waals surface area contributed by atoms with E-state index in [1.807, 2.05) is 11.4 Å². The summed E-state index contributed by atoms with van der Waals surface area (Å²) in [5.74, 6) is 0.701. The summed E-state index contributed by atoms with van der Waals surface area (Å²) < 4.78 is 5.92. The molecule has 18 heavy (non-hydrogen) atoms. The quantitative estimate of drug-likeness (QED) is 0.873. The smallest absolute Gasteiger partial charge is 0.268 e. The molecule has 0 aliphatic heterocycles. The lowest BCUT2D eigenvalue weighted by atomic mass is 9.89. The molecular formula is C12H15N3O2S. The van der Waals surface area contributed by atoms with E-state index < -0.39 is 0 Å². The zero-order valence-corrected chi connectivity index (χ0v) is 10.9. The minimum atomic E-state index is -0.0461. The Balaban J connectivity index is 1.66. The van der Waals surface area contributed by atoms with Crippen LogP contribution in [0.2, 0.25) is 0 Å². The van der Waals surface area contributed by atoms with Crippen molar-refractivity contribution in [1.82, 2.24) is 15.3 Å². The lowest BCUT2D eigenvalue weighted by Crippen LogP contribution is -2.44. The second-order valence-electron chi connectivity index (χ2n) is 4.55. The minimum absolute atomic E-state index is 0.0461. The Hall–Kier alpha value is -1.24. The van der Waals surface area contributed by atoms with Crippen LogP contribution in [0, 0.1) is 0 Å². The molecular weight excluding hydrogens is 250 g/mol. The molecule has 1 aliphatic carbocycles. The SMILES string of the molecule is COC1CC(NCc2nc3ccsc3c(=O)[nH]2)C1. The molecule has 2 aromatic heterocycles. The van der Waals surface area contributed by atoms with Crippen molar-refractivity contribution in [3.8, 4) is 0 Å². The van der Waals surface area contributed by atoms with Crippen LogP contribution in [0.1, 0.15) is 18.7 Å². The first kappa shape index (κ1) is 11.8. The van der Waals surface area contributed by atoms with Gasteiger partial charge in [-0.05, 0) is 24.3 Å². The summed E-state index contributed by atoms with van der Waals surface area (Å²) in [6, 6.07) is 2.35. The summed E-state index contributed by atoms with van der Waals surface area (Å²) >= 11 is 1.42. The highest BCUT2D eigenvalue weighted by molar-refractivity contribution is 7.17. The van der Waals surface area contributed by atoms with E-state index in [2.05, 4.69) is 15.3 Å². The number of methoxy groups -OCH3 is 1. The summed E-state index contributed by atoms with van der Waals surface area (Å²) in [4.78, 5) is 19.0. The highest BCUT2D eigenvalue weighted by Gasteiger charge is 2.28. The largest absolute Gasteiger partial charge is 0.381 e. The zero-order chi connectivity index (χ0) is 12.5. The van der Waals surface area contributed by atoms with Crippen molar-refractivity contribution in [1.29, 1.82) is 0 Å². The van der Waals surface area contributed by atoms with Crippen LogP contribution in [-0.2, 0) is 11.3 Å². The predicted molar refractivity (Wildman–Crippen MR) is 70.9 cm³/mol. The molecule has 5 nitrogen and oxygen atoms in total. The Labute approximate surface area is 108 Å². The van der Waals surface area contributed by atoms with E-state index in [1.54, 1.807) is 7.11 Å². The normalized spacial score (nSPS) is 23.2. The van der Waals surface area contributed by atoms with E-state index in [-0.39, 0.29) is 5.56 Å². The van der Waals surface area contributed by atoms with E-state index in [0.717, 1.165) is 18.4 Å². The van der Waals surface area contributed by atoms with Gasteiger partial charge in [-0.25, -0.2) is 4.98 Å². The van der Waals surface area contributed by atoms with Crippen LogP contribution in [0.25, 0.3) is 10.2 Å². The third-order valence-electron chi connectivity index (χ3n) is 3.35. The van der Waals surface area contributed by atoms with Gasteiger partial charge < -0.3 is 15.0 Å².